The van der Waals surface area contributed by atoms with Gasteiger partial charge in [0, 0.05) is 11.5 Å². The molecule has 6 nitrogen and oxygen atoms in total. The maximum absolute atomic E-state index is 12.2. The number of nitrogens with zero attached hydrogens (tertiary/aromatic N) is 1. The van der Waals surface area contributed by atoms with Crippen molar-refractivity contribution in [1.82, 2.24) is 5.43 Å². The minimum absolute atomic E-state index is 0.154. The summed E-state index contributed by atoms with van der Waals surface area (Å²) in [4.78, 5) is 12.2. The monoisotopic (exact) mass is 370 g/mol. The predicted molar refractivity (Wildman–Crippen MR) is 100 cm³/mol. The Labute approximate surface area is 155 Å². The van der Waals surface area contributed by atoms with Crippen molar-refractivity contribution in [3.8, 4) is 17.2 Å². The molecule has 1 amide bonds. The summed E-state index contributed by atoms with van der Waals surface area (Å²) in [7, 11) is 0. The number of rotatable bonds is 5. The molecule has 7 heteroatoms. The van der Waals surface area contributed by atoms with Gasteiger partial charge in [0.25, 0.3) is 5.91 Å². The standard InChI is InChI=1S/C19H18N2O4S/c22-19(18-10-23-16-6-1-2-7-17(16)25-18)21-20-9-13-4-3-5-14(8-13)24-15-11-26-12-15/h1-9,15,18H,10-12H2,(H,21,22)/b20-9+. The lowest BCUT2D eigenvalue weighted by Gasteiger charge is -2.25. The van der Waals surface area contributed by atoms with Crippen molar-refractivity contribution in [3.63, 3.8) is 0 Å². The zero-order valence-corrected chi connectivity index (χ0v) is 14.8. The number of thioether (sulfide) groups is 1. The third-order valence-electron chi connectivity index (χ3n) is 3.96. The molecular weight excluding hydrogens is 352 g/mol. The Balaban J connectivity index is 1.32. The van der Waals surface area contributed by atoms with Crippen LogP contribution in [0.25, 0.3) is 0 Å². The Morgan fingerprint density at radius 2 is 2.04 bits per heavy atom. The number of benzene rings is 2. The van der Waals surface area contributed by atoms with E-state index in [9.17, 15) is 4.79 Å². The van der Waals surface area contributed by atoms with E-state index in [2.05, 4.69) is 10.5 Å². The molecule has 0 radical (unpaired) electrons. The molecule has 2 aromatic carbocycles. The molecule has 134 valence electrons. The topological polar surface area (TPSA) is 69.2 Å². The van der Waals surface area contributed by atoms with Crippen LogP contribution in [0.1, 0.15) is 5.56 Å². The van der Waals surface area contributed by atoms with Gasteiger partial charge in [-0.25, -0.2) is 5.43 Å². The molecule has 2 aromatic rings. The molecule has 26 heavy (non-hydrogen) atoms. The van der Waals surface area contributed by atoms with Crippen LogP contribution in [0.4, 0.5) is 0 Å². The first-order valence-corrected chi connectivity index (χ1v) is 9.49. The van der Waals surface area contributed by atoms with E-state index in [0.717, 1.165) is 22.8 Å². The van der Waals surface area contributed by atoms with E-state index in [0.29, 0.717) is 17.6 Å². The second-order valence-electron chi connectivity index (χ2n) is 5.95. The molecule has 2 heterocycles. The summed E-state index contributed by atoms with van der Waals surface area (Å²) < 4.78 is 17.0. The Morgan fingerprint density at radius 1 is 1.19 bits per heavy atom. The third kappa shape index (κ3) is 3.94. The highest BCUT2D eigenvalue weighted by atomic mass is 32.2. The molecular formula is C19H18N2O4S. The number of hydrazone groups is 1. The molecule has 1 fully saturated rings. The number of carbonyl (C=O) groups is 1. The first-order valence-electron chi connectivity index (χ1n) is 8.34. The number of amides is 1. The third-order valence-corrected chi connectivity index (χ3v) is 5.17. The molecule has 0 aromatic heterocycles. The second kappa shape index (κ2) is 7.70. The number of carbonyl (C=O) groups excluding carboxylic acids is 1. The van der Waals surface area contributed by atoms with Gasteiger partial charge in [-0.3, -0.25) is 4.79 Å². The van der Waals surface area contributed by atoms with Gasteiger partial charge in [0.2, 0.25) is 6.10 Å². The van der Waals surface area contributed by atoms with Crippen molar-refractivity contribution in [3.05, 3.63) is 54.1 Å². The lowest BCUT2D eigenvalue weighted by molar-refractivity contribution is -0.130. The average Bonchev–Trinajstić information content (AvgIpc) is 2.64. The van der Waals surface area contributed by atoms with Crippen LogP contribution in [0.3, 0.4) is 0 Å². The van der Waals surface area contributed by atoms with E-state index in [-0.39, 0.29) is 12.5 Å². The highest BCUT2D eigenvalue weighted by molar-refractivity contribution is 8.00. The highest BCUT2D eigenvalue weighted by Crippen LogP contribution is 2.30. The molecule has 2 aliphatic rings. The summed E-state index contributed by atoms with van der Waals surface area (Å²) in [5.41, 5.74) is 3.34. The largest absolute Gasteiger partial charge is 0.489 e. The van der Waals surface area contributed by atoms with E-state index >= 15 is 0 Å². The fraction of sp³-hybridized carbons (Fsp3) is 0.263. The first kappa shape index (κ1) is 16.8. The van der Waals surface area contributed by atoms with Crippen LogP contribution in [0.2, 0.25) is 0 Å². The van der Waals surface area contributed by atoms with E-state index in [1.807, 2.05) is 48.2 Å². The zero-order valence-electron chi connectivity index (χ0n) is 14.0. The molecule has 1 saturated heterocycles. The summed E-state index contributed by atoms with van der Waals surface area (Å²) in [5.74, 6) is 3.71. The SMILES string of the molecule is O=C(N/N=C/c1cccc(OC2CSC2)c1)C1COc2ccccc2O1. The van der Waals surface area contributed by atoms with Crippen LogP contribution >= 0.6 is 11.8 Å². The smallest absolute Gasteiger partial charge is 0.284 e. The maximum Gasteiger partial charge on any atom is 0.284 e. The Morgan fingerprint density at radius 3 is 2.85 bits per heavy atom. The lowest BCUT2D eigenvalue weighted by atomic mass is 10.2. The van der Waals surface area contributed by atoms with E-state index in [1.165, 1.54) is 0 Å². The van der Waals surface area contributed by atoms with Gasteiger partial charge in [0.1, 0.15) is 18.5 Å². The minimum atomic E-state index is -0.729. The normalized spacial score (nSPS) is 19.0. The van der Waals surface area contributed by atoms with Gasteiger partial charge in [-0.2, -0.15) is 16.9 Å². The Bertz CT molecular complexity index is 823. The average molecular weight is 370 g/mol. The minimum Gasteiger partial charge on any atom is -0.489 e. The first-order chi connectivity index (χ1) is 12.8. The number of nitrogens with one attached hydrogen (secondary N) is 1. The number of para-hydroxylation sites is 2. The summed E-state index contributed by atoms with van der Waals surface area (Å²) in [6.45, 7) is 0.154. The Kier molecular flexibility index (Phi) is 4.97. The Hall–Kier alpha value is -2.67. The molecule has 2 aliphatic heterocycles. The van der Waals surface area contributed by atoms with E-state index in [1.54, 1.807) is 18.3 Å². The molecule has 0 bridgehead atoms. The zero-order chi connectivity index (χ0) is 17.8. The van der Waals surface area contributed by atoms with E-state index in [4.69, 9.17) is 14.2 Å². The lowest BCUT2D eigenvalue weighted by Crippen LogP contribution is -2.42. The van der Waals surface area contributed by atoms with Gasteiger partial charge in [-0.15, -0.1) is 0 Å². The summed E-state index contributed by atoms with van der Waals surface area (Å²) >= 11 is 1.87. The number of hydrogen-bond donors (Lipinski definition) is 1. The molecule has 0 saturated carbocycles. The van der Waals surface area contributed by atoms with Gasteiger partial charge >= 0.3 is 0 Å². The molecule has 4 rings (SSSR count). The summed E-state index contributed by atoms with van der Waals surface area (Å²) in [6, 6.07) is 14.9. The maximum atomic E-state index is 12.2. The van der Waals surface area contributed by atoms with Crippen molar-refractivity contribution in [2.45, 2.75) is 12.2 Å². The quantitative estimate of drug-likeness (QED) is 0.647. The van der Waals surface area contributed by atoms with Crippen LogP contribution in [0.5, 0.6) is 17.2 Å². The van der Waals surface area contributed by atoms with Crippen molar-refractivity contribution in [1.29, 1.82) is 0 Å². The molecule has 0 aliphatic carbocycles. The van der Waals surface area contributed by atoms with Gasteiger partial charge in [0.15, 0.2) is 11.5 Å². The van der Waals surface area contributed by atoms with Crippen LogP contribution < -0.4 is 19.6 Å². The second-order valence-corrected chi connectivity index (χ2v) is 7.02. The van der Waals surface area contributed by atoms with Gasteiger partial charge < -0.3 is 14.2 Å². The summed E-state index contributed by atoms with van der Waals surface area (Å²) in [5, 5.41) is 4.01. The van der Waals surface area contributed by atoms with Gasteiger partial charge in [-0.1, -0.05) is 24.3 Å². The number of fused-ring (bicyclic) bond motifs is 1. The predicted octanol–water partition coefficient (Wildman–Crippen LogP) is 2.47. The number of hydrogen-bond acceptors (Lipinski definition) is 6. The van der Waals surface area contributed by atoms with Crippen LogP contribution in [-0.2, 0) is 4.79 Å². The molecule has 0 spiro atoms. The fourth-order valence-electron chi connectivity index (χ4n) is 2.53. The van der Waals surface area contributed by atoms with Crippen molar-refractivity contribution in [2.24, 2.45) is 5.10 Å². The van der Waals surface area contributed by atoms with Crippen LogP contribution in [-0.4, -0.2) is 42.4 Å². The molecule has 1 atom stereocenters. The fourth-order valence-corrected chi connectivity index (χ4v) is 3.10. The molecule has 1 unspecified atom stereocenters. The highest BCUT2D eigenvalue weighted by Gasteiger charge is 2.27. The van der Waals surface area contributed by atoms with Crippen LogP contribution in [0, 0.1) is 0 Å². The molecule has 1 N–H and O–H groups in total. The van der Waals surface area contributed by atoms with E-state index < -0.39 is 6.10 Å². The number of ether oxygens (including phenoxy) is 3. The van der Waals surface area contributed by atoms with Crippen molar-refractivity contribution in [2.75, 3.05) is 18.1 Å². The van der Waals surface area contributed by atoms with Gasteiger partial charge in [0.05, 0.1) is 6.21 Å². The van der Waals surface area contributed by atoms with Crippen LogP contribution in [0.15, 0.2) is 53.6 Å². The summed E-state index contributed by atoms with van der Waals surface area (Å²) in [6.07, 6.45) is 1.14. The van der Waals surface area contributed by atoms with Crippen molar-refractivity contribution < 1.29 is 19.0 Å². The van der Waals surface area contributed by atoms with Crippen molar-refractivity contribution >= 4 is 23.9 Å². The van der Waals surface area contributed by atoms with Gasteiger partial charge in [-0.05, 0) is 29.8 Å².